The van der Waals surface area contributed by atoms with Crippen molar-refractivity contribution in [2.45, 2.75) is 71.6 Å². The molecule has 4 rings (SSSR count). The van der Waals surface area contributed by atoms with Gasteiger partial charge < -0.3 is 14.7 Å². The van der Waals surface area contributed by atoms with E-state index in [1.54, 1.807) is 6.07 Å². The smallest absolute Gasteiger partial charge is 0.367 e. The van der Waals surface area contributed by atoms with E-state index in [0.29, 0.717) is 23.8 Å². The average molecular weight is 449 g/mol. The number of nitrogens with zero attached hydrogens (tertiary/aromatic N) is 2. The van der Waals surface area contributed by atoms with Gasteiger partial charge in [-0.25, -0.2) is 4.79 Å². The van der Waals surface area contributed by atoms with Crippen LogP contribution in [0.1, 0.15) is 78.1 Å². The van der Waals surface area contributed by atoms with Crippen molar-refractivity contribution >= 4 is 11.7 Å². The Kier molecular flexibility index (Phi) is 6.82. The molecule has 174 valence electrons. The van der Waals surface area contributed by atoms with Crippen LogP contribution >= 0.6 is 0 Å². The van der Waals surface area contributed by atoms with E-state index in [9.17, 15) is 9.90 Å². The largest absolute Gasteiger partial charge is 0.506 e. The standard InChI is InChI=1S/C27H32N2O4/c1-16-13-25(32-15-23-19(4)27(31)33-29-23)18(3)17(2)22(16)14-21-11-12-24(30)26(28-21)20-9-7-5-6-8-10-20/h11-13,20,30H,4-10,14-15H2,1-3H3. The van der Waals surface area contributed by atoms with Crippen LogP contribution in [0.3, 0.4) is 0 Å². The summed E-state index contributed by atoms with van der Waals surface area (Å²) in [7, 11) is 0. The lowest BCUT2D eigenvalue weighted by atomic mass is 9.92. The second kappa shape index (κ2) is 9.77. The minimum absolute atomic E-state index is 0.133. The molecule has 0 atom stereocenters. The molecule has 1 aliphatic heterocycles. The Morgan fingerprint density at radius 3 is 2.52 bits per heavy atom. The Morgan fingerprint density at radius 1 is 1.12 bits per heavy atom. The summed E-state index contributed by atoms with van der Waals surface area (Å²) in [6, 6.07) is 5.75. The molecule has 2 heterocycles. The van der Waals surface area contributed by atoms with Crippen molar-refractivity contribution in [3.63, 3.8) is 0 Å². The molecule has 6 nitrogen and oxygen atoms in total. The number of pyridine rings is 1. The third-order valence-electron chi connectivity index (χ3n) is 6.97. The van der Waals surface area contributed by atoms with Gasteiger partial charge >= 0.3 is 5.97 Å². The second-order valence-corrected chi connectivity index (χ2v) is 9.18. The van der Waals surface area contributed by atoms with Crippen molar-refractivity contribution in [3.8, 4) is 11.5 Å². The molecule has 0 saturated heterocycles. The minimum atomic E-state index is -0.530. The van der Waals surface area contributed by atoms with Gasteiger partial charge in [0.25, 0.3) is 0 Å². The molecule has 2 aliphatic rings. The summed E-state index contributed by atoms with van der Waals surface area (Å²) in [5.41, 5.74) is 6.99. The average Bonchev–Trinajstić information content (AvgIpc) is 2.99. The van der Waals surface area contributed by atoms with Crippen LogP contribution in [0.4, 0.5) is 0 Å². The Labute approximate surface area is 195 Å². The number of benzene rings is 1. The maximum absolute atomic E-state index is 11.4. The molecule has 2 aromatic rings. The summed E-state index contributed by atoms with van der Waals surface area (Å²) < 4.78 is 5.96. The van der Waals surface area contributed by atoms with Gasteiger partial charge in [-0.05, 0) is 74.1 Å². The molecule has 1 saturated carbocycles. The van der Waals surface area contributed by atoms with E-state index in [0.717, 1.165) is 46.7 Å². The summed E-state index contributed by atoms with van der Waals surface area (Å²) in [5, 5.41) is 14.2. The molecule has 1 aliphatic carbocycles. The van der Waals surface area contributed by atoms with Crippen LogP contribution in [0.15, 0.2) is 35.5 Å². The lowest BCUT2D eigenvalue weighted by Crippen LogP contribution is -2.14. The molecule has 0 radical (unpaired) electrons. The first-order valence-corrected chi connectivity index (χ1v) is 11.7. The van der Waals surface area contributed by atoms with Gasteiger partial charge in [0.05, 0.1) is 11.3 Å². The van der Waals surface area contributed by atoms with Crippen molar-refractivity contribution in [1.82, 2.24) is 4.98 Å². The zero-order chi connectivity index (χ0) is 23.5. The van der Waals surface area contributed by atoms with Crippen LogP contribution in [-0.4, -0.2) is 28.4 Å². The maximum atomic E-state index is 11.4. The highest BCUT2D eigenvalue weighted by molar-refractivity contribution is 6.22. The fraction of sp³-hybridized carbons (Fsp3) is 0.444. The van der Waals surface area contributed by atoms with E-state index in [1.807, 2.05) is 19.1 Å². The lowest BCUT2D eigenvalue weighted by Gasteiger charge is -2.19. The van der Waals surface area contributed by atoms with Crippen molar-refractivity contribution in [2.75, 3.05) is 6.61 Å². The van der Waals surface area contributed by atoms with Crippen LogP contribution in [-0.2, 0) is 16.1 Å². The van der Waals surface area contributed by atoms with Crippen molar-refractivity contribution in [1.29, 1.82) is 0 Å². The van der Waals surface area contributed by atoms with Gasteiger partial charge in [-0.2, -0.15) is 0 Å². The number of ether oxygens (including phenoxy) is 1. The summed E-state index contributed by atoms with van der Waals surface area (Å²) in [4.78, 5) is 21.0. The van der Waals surface area contributed by atoms with E-state index in [2.05, 4.69) is 30.4 Å². The molecule has 33 heavy (non-hydrogen) atoms. The van der Waals surface area contributed by atoms with Gasteiger partial charge in [-0.1, -0.05) is 37.4 Å². The van der Waals surface area contributed by atoms with Crippen LogP contribution in [0.2, 0.25) is 0 Å². The summed E-state index contributed by atoms with van der Waals surface area (Å²) in [6.45, 7) is 10.0. The number of oxime groups is 1. The molecule has 1 N–H and O–H groups in total. The summed E-state index contributed by atoms with van der Waals surface area (Å²) in [6.07, 6.45) is 7.85. The first kappa shape index (κ1) is 23.0. The molecule has 1 aromatic heterocycles. The Morgan fingerprint density at radius 2 is 1.85 bits per heavy atom. The van der Waals surface area contributed by atoms with E-state index in [4.69, 9.17) is 9.72 Å². The predicted molar refractivity (Wildman–Crippen MR) is 128 cm³/mol. The fourth-order valence-electron chi connectivity index (χ4n) is 4.75. The number of hydrogen-bond donors (Lipinski definition) is 1. The fourth-order valence-corrected chi connectivity index (χ4v) is 4.75. The van der Waals surface area contributed by atoms with Gasteiger partial charge in [0.2, 0.25) is 0 Å². The Bertz CT molecular complexity index is 1110. The van der Waals surface area contributed by atoms with Crippen LogP contribution in [0, 0.1) is 20.8 Å². The van der Waals surface area contributed by atoms with Crippen LogP contribution in [0.5, 0.6) is 11.5 Å². The lowest BCUT2D eigenvalue weighted by molar-refractivity contribution is -0.136. The van der Waals surface area contributed by atoms with E-state index < -0.39 is 5.97 Å². The Balaban J connectivity index is 1.54. The molecular weight excluding hydrogens is 416 g/mol. The van der Waals surface area contributed by atoms with Gasteiger partial charge in [0, 0.05) is 18.0 Å². The molecule has 0 amide bonds. The highest BCUT2D eigenvalue weighted by atomic mass is 16.7. The van der Waals surface area contributed by atoms with Crippen molar-refractivity contribution in [3.05, 3.63) is 64.0 Å². The third kappa shape index (κ3) is 4.95. The van der Waals surface area contributed by atoms with Crippen LogP contribution < -0.4 is 4.74 Å². The summed E-state index contributed by atoms with van der Waals surface area (Å²) in [5.74, 6) is 0.883. The van der Waals surface area contributed by atoms with Crippen molar-refractivity contribution < 1.29 is 19.5 Å². The minimum Gasteiger partial charge on any atom is -0.506 e. The second-order valence-electron chi connectivity index (χ2n) is 9.18. The zero-order valence-corrected chi connectivity index (χ0v) is 19.7. The third-order valence-corrected chi connectivity index (χ3v) is 6.97. The molecule has 0 unspecified atom stereocenters. The molecular formula is C27H32N2O4. The highest BCUT2D eigenvalue weighted by Crippen LogP contribution is 2.36. The van der Waals surface area contributed by atoms with E-state index in [1.165, 1.54) is 31.2 Å². The first-order chi connectivity index (χ1) is 15.8. The molecule has 1 aromatic carbocycles. The number of aryl methyl sites for hydroxylation is 1. The monoisotopic (exact) mass is 448 g/mol. The number of rotatable bonds is 6. The maximum Gasteiger partial charge on any atom is 0.367 e. The van der Waals surface area contributed by atoms with Gasteiger partial charge in [-0.15, -0.1) is 0 Å². The molecule has 0 bridgehead atoms. The number of aromatic nitrogens is 1. The van der Waals surface area contributed by atoms with Gasteiger partial charge in [0.1, 0.15) is 23.8 Å². The normalized spacial score (nSPS) is 17.0. The zero-order valence-electron chi connectivity index (χ0n) is 19.7. The molecule has 6 heteroatoms. The number of hydrogen-bond acceptors (Lipinski definition) is 6. The first-order valence-electron chi connectivity index (χ1n) is 11.7. The Hall–Kier alpha value is -3.15. The summed E-state index contributed by atoms with van der Waals surface area (Å²) >= 11 is 0. The van der Waals surface area contributed by atoms with E-state index >= 15 is 0 Å². The molecule has 0 spiro atoms. The van der Waals surface area contributed by atoms with Gasteiger partial charge in [0.15, 0.2) is 0 Å². The number of carbonyl (C=O) groups is 1. The van der Waals surface area contributed by atoms with Gasteiger partial charge in [-0.3, -0.25) is 4.98 Å². The van der Waals surface area contributed by atoms with Crippen molar-refractivity contribution in [2.24, 2.45) is 5.16 Å². The SMILES string of the molecule is C=C1C(=O)ON=C1COc1cc(C)c(Cc2ccc(O)c(C3CCCCCC3)n2)c(C)c1C. The molecule has 1 fully saturated rings. The van der Waals surface area contributed by atoms with E-state index in [-0.39, 0.29) is 12.2 Å². The quantitative estimate of drug-likeness (QED) is 0.354. The predicted octanol–water partition coefficient (Wildman–Crippen LogP) is 5.59. The van der Waals surface area contributed by atoms with Crippen LogP contribution in [0.25, 0.3) is 0 Å². The number of aromatic hydroxyl groups is 1. The topological polar surface area (TPSA) is 81.0 Å². The number of carbonyl (C=O) groups excluding carboxylic acids is 1. The highest BCUT2D eigenvalue weighted by Gasteiger charge is 2.24.